The summed E-state index contributed by atoms with van der Waals surface area (Å²) in [7, 11) is 0. The van der Waals surface area contributed by atoms with Crippen LogP contribution in [0.4, 0.5) is 5.82 Å². The predicted octanol–water partition coefficient (Wildman–Crippen LogP) is 3.54. The molecule has 1 aromatic heterocycles. The zero-order valence-corrected chi connectivity index (χ0v) is 13.1. The van der Waals surface area contributed by atoms with E-state index in [1.54, 1.807) is 0 Å². The van der Waals surface area contributed by atoms with Crippen LogP contribution in [0, 0.1) is 5.92 Å². The Balaban J connectivity index is 2.19. The van der Waals surface area contributed by atoms with Gasteiger partial charge in [0, 0.05) is 18.3 Å². The minimum atomic E-state index is 0.106. The summed E-state index contributed by atoms with van der Waals surface area (Å²) >= 11 is 0. The number of nitrogens with zero attached hydrogens (tertiary/aromatic N) is 2. The summed E-state index contributed by atoms with van der Waals surface area (Å²) < 4.78 is 0. The summed E-state index contributed by atoms with van der Waals surface area (Å²) in [5.41, 5.74) is 2.11. The molecule has 112 valence electrons. The first-order chi connectivity index (χ1) is 9.63. The molecule has 3 heteroatoms. The van der Waals surface area contributed by atoms with E-state index in [2.05, 4.69) is 31.7 Å². The molecule has 0 atom stereocenters. The molecule has 1 aliphatic rings. The monoisotopic (exact) mass is 276 g/mol. The Hall–Kier alpha value is -1.09. The lowest BCUT2D eigenvalue weighted by molar-refractivity contribution is 0.281. The van der Waals surface area contributed by atoms with Crippen molar-refractivity contribution in [1.82, 2.24) is 4.98 Å². The van der Waals surface area contributed by atoms with Crippen molar-refractivity contribution in [3.05, 3.63) is 23.4 Å². The number of pyridine rings is 1. The Morgan fingerprint density at radius 1 is 1.35 bits per heavy atom. The van der Waals surface area contributed by atoms with E-state index in [1.807, 2.05) is 6.07 Å². The van der Waals surface area contributed by atoms with Crippen molar-refractivity contribution in [2.45, 2.75) is 65.5 Å². The predicted molar refractivity (Wildman–Crippen MR) is 84.0 cm³/mol. The fourth-order valence-electron chi connectivity index (χ4n) is 2.52. The van der Waals surface area contributed by atoms with E-state index in [1.165, 1.54) is 19.3 Å². The van der Waals surface area contributed by atoms with Crippen molar-refractivity contribution >= 4 is 5.82 Å². The number of aliphatic hydroxyl groups is 1. The lowest BCUT2D eigenvalue weighted by atomic mass is 10.1. The third-order valence-corrected chi connectivity index (χ3v) is 3.84. The fourth-order valence-corrected chi connectivity index (χ4v) is 2.52. The molecule has 0 saturated heterocycles. The van der Waals surface area contributed by atoms with Crippen molar-refractivity contribution < 1.29 is 5.11 Å². The van der Waals surface area contributed by atoms with Crippen LogP contribution in [0.2, 0.25) is 0 Å². The van der Waals surface area contributed by atoms with Crippen LogP contribution in [0.5, 0.6) is 0 Å². The van der Waals surface area contributed by atoms with Crippen LogP contribution in [0.15, 0.2) is 12.1 Å². The number of hydrogen-bond donors (Lipinski definition) is 1. The van der Waals surface area contributed by atoms with Crippen LogP contribution in [-0.2, 0) is 13.0 Å². The third kappa shape index (κ3) is 4.20. The Labute approximate surface area is 123 Å². The van der Waals surface area contributed by atoms with Crippen LogP contribution in [0.25, 0.3) is 0 Å². The molecule has 0 aromatic carbocycles. The molecule has 2 rings (SSSR count). The molecule has 1 aliphatic carbocycles. The molecular weight excluding hydrogens is 248 g/mol. The average Bonchev–Trinajstić information content (AvgIpc) is 3.23. The van der Waals surface area contributed by atoms with Crippen molar-refractivity contribution in [3.8, 4) is 0 Å². The molecule has 1 fully saturated rings. The lowest BCUT2D eigenvalue weighted by Gasteiger charge is -2.25. The second kappa shape index (κ2) is 7.07. The Bertz CT molecular complexity index is 427. The number of hydrogen-bond acceptors (Lipinski definition) is 3. The van der Waals surface area contributed by atoms with E-state index in [4.69, 9.17) is 4.98 Å². The topological polar surface area (TPSA) is 36.4 Å². The Morgan fingerprint density at radius 3 is 2.65 bits per heavy atom. The van der Waals surface area contributed by atoms with E-state index in [0.29, 0.717) is 12.0 Å². The van der Waals surface area contributed by atoms with Gasteiger partial charge in [0.15, 0.2) is 0 Å². The molecule has 3 nitrogen and oxygen atoms in total. The smallest absolute Gasteiger partial charge is 0.129 e. The molecule has 0 amide bonds. The van der Waals surface area contributed by atoms with Crippen LogP contribution < -0.4 is 4.90 Å². The van der Waals surface area contributed by atoms with Gasteiger partial charge < -0.3 is 10.0 Å². The zero-order chi connectivity index (χ0) is 14.5. The van der Waals surface area contributed by atoms with Crippen LogP contribution >= 0.6 is 0 Å². The summed E-state index contributed by atoms with van der Waals surface area (Å²) in [6, 6.07) is 4.78. The van der Waals surface area contributed by atoms with Gasteiger partial charge in [-0.05, 0) is 49.3 Å². The first-order valence-corrected chi connectivity index (χ1v) is 8.01. The number of rotatable bonds is 8. The summed E-state index contributed by atoms with van der Waals surface area (Å²) in [5, 5.41) is 9.46. The standard InChI is InChI=1S/C17H28N2O/c1-4-5-15-10-14(12-20)11-17(18-15)19(16-6-7-16)9-8-13(2)3/h10-11,13,16,20H,4-9,12H2,1-3H3. The van der Waals surface area contributed by atoms with Crippen molar-refractivity contribution in [3.63, 3.8) is 0 Å². The molecular formula is C17H28N2O. The van der Waals surface area contributed by atoms with Crippen LogP contribution in [-0.4, -0.2) is 22.7 Å². The van der Waals surface area contributed by atoms with E-state index in [0.717, 1.165) is 36.5 Å². The summed E-state index contributed by atoms with van der Waals surface area (Å²) in [4.78, 5) is 7.28. The Kier molecular flexibility index (Phi) is 5.41. The summed E-state index contributed by atoms with van der Waals surface area (Å²) in [6.07, 6.45) is 5.85. The minimum absolute atomic E-state index is 0.106. The minimum Gasteiger partial charge on any atom is -0.392 e. The second-order valence-corrected chi connectivity index (χ2v) is 6.34. The second-order valence-electron chi connectivity index (χ2n) is 6.34. The highest BCUT2D eigenvalue weighted by atomic mass is 16.3. The van der Waals surface area contributed by atoms with Gasteiger partial charge in [-0.2, -0.15) is 0 Å². The van der Waals surface area contributed by atoms with Gasteiger partial charge in [0.05, 0.1) is 6.61 Å². The molecule has 0 aliphatic heterocycles. The molecule has 0 unspecified atom stereocenters. The van der Waals surface area contributed by atoms with Gasteiger partial charge >= 0.3 is 0 Å². The van der Waals surface area contributed by atoms with Crippen molar-refractivity contribution in [1.29, 1.82) is 0 Å². The largest absolute Gasteiger partial charge is 0.392 e. The molecule has 1 N–H and O–H groups in total. The quantitative estimate of drug-likeness (QED) is 0.789. The molecule has 1 saturated carbocycles. The normalized spacial score (nSPS) is 14.8. The van der Waals surface area contributed by atoms with Crippen molar-refractivity contribution in [2.75, 3.05) is 11.4 Å². The number of aryl methyl sites for hydroxylation is 1. The maximum Gasteiger partial charge on any atom is 0.129 e. The third-order valence-electron chi connectivity index (χ3n) is 3.84. The first kappa shape index (κ1) is 15.3. The molecule has 0 radical (unpaired) electrons. The van der Waals surface area contributed by atoms with Gasteiger partial charge in [0.25, 0.3) is 0 Å². The van der Waals surface area contributed by atoms with E-state index in [9.17, 15) is 5.11 Å². The summed E-state index contributed by atoms with van der Waals surface area (Å²) in [5.74, 6) is 1.79. The maximum absolute atomic E-state index is 9.46. The van der Waals surface area contributed by atoms with E-state index >= 15 is 0 Å². The van der Waals surface area contributed by atoms with Gasteiger partial charge in [0.1, 0.15) is 5.82 Å². The van der Waals surface area contributed by atoms with E-state index < -0.39 is 0 Å². The summed E-state index contributed by atoms with van der Waals surface area (Å²) in [6.45, 7) is 7.89. The SMILES string of the molecule is CCCc1cc(CO)cc(N(CCC(C)C)C2CC2)n1. The number of aromatic nitrogens is 1. The zero-order valence-electron chi connectivity index (χ0n) is 13.1. The van der Waals surface area contributed by atoms with E-state index in [-0.39, 0.29) is 6.61 Å². The Morgan fingerprint density at radius 2 is 2.10 bits per heavy atom. The van der Waals surface area contributed by atoms with Gasteiger partial charge in [-0.15, -0.1) is 0 Å². The molecule has 20 heavy (non-hydrogen) atoms. The van der Waals surface area contributed by atoms with Gasteiger partial charge in [0.2, 0.25) is 0 Å². The van der Waals surface area contributed by atoms with Crippen LogP contribution in [0.1, 0.15) is 57.7 Å². The fraction of sp³-hybridized carbons (Fsp3) is 0.706. The molecule has 1 heterocycles. The highest BCUT2D eigenvalue weighted by Crippen LogP contribution is 2.32. The van der Waals surface area contributed by atoms with Crippen molar-refractivity contribution in [2.24, 2.45) is 5.92 Å². The maximum atomic E-state index is 9.46. The van der Waals surface area contributed by atoms with Gasteiger partial charge in [-0.1, -0.05) is 27.2 Å². The average molecular weight is 276 g/mol. The highest BCUT2D eigenvalue weighted by Gasteiger charge is 2.30. The van der Waals surface area contributed by atoms with Crippen LogP contribution in [0.3, 0.4) is 0 Å². The first-order valence-electron chi connectivity index (χ1n) is 8.01. The molecule has 0 bridgehead atoms. The number of aliphatic hydroxyl groups excluding tert-OH is 1. The lowest BCUT2D eigenvalue weighted by Crippen LogP contribution is -2.29. The highest BCUT2D eigenvalue weighted by molar-refractivity contribution is 5.45. The van der Waals surface area contributed by atoms with Gasteiger partial charge in [-0.3, -0.25) is 0 Å². The van der Waals surface area contributed by atoms with Gasteiger partial charge in [-0.25, -0.2) is 4.98 Å². The number of anilines is 1. The molecule has 0 spiro atoms. The molecule has 1 aromatic rings.